The van der Waals surface area contributed by atoms with E-state index in [-0.39, 0.29) is 5.82 Å². The van der Waals surface area contributed by atoms with Crippen LogP contribution in [0.15, 0.2) is 36.4 Å². The molecule has 0 aliphatic carbocycles. The molecule has 0 bridgehead atoms. The van der Waals surface area contributed by atoms with E-state index in [0.717, 1.165) is 11.3 Å². The molecule has 2 aromatic rings. The lowest BCUT2D eigenvalue weighted by atomic mass is 10.2. The summed E-state index contributed by atoms with van der Waals surface area (Å²) < 4.78 is 29.2. The normalized spacial score (nSPS) is 10.2. The van der Waals surface area contributed by atoms with E-state index in [0.29, 0.717) is 30.4 Å². The van der Waals surface area contributed by atoms with Crippen LogP contribution in [0.5, 0.6) is 17.2 Å². The van der Waals surface area contributed by atoms with Crippen LogP contribution in [0, 0.1) is 5.82 Å². The molecular formula is C17H20FNO3. The van der Waals surface area contributed by atoms with E-state index in [1.807, 2.05) is 25.1 Å². The molecule has 0 saturated carbocycles. The highest BCUT2D eigenvalue weighted by Gasteiger charge is 2.07. The third-order valence-corrected chi connectivity index (χ3v) is 3.17. The second-order valence-electron chi connectivity index (χ2n) is 4.62. The summed E-state index contributed by atoms with van der Waals surface area (Å²) in [6.07, 6.45) is 0. The monoisotopic (exact) mass is 305 g/mol. The first-order valence-corrected chi connectivity index (χ1v) is 7.05. The molecule has 0 atom stereocenters. The number of hydrogen-bond acceptors (Lipinski definition) is 4. The Morgan fingerprint density at radius 3 is 2.41 bits per heavy atom. The first-order chi connectivity index (χ1) is 10.7. The maximum Gasteiger partial charge on any atom is 0.161 e. The predicted octanol–water partition coefficient (Wildman–Crippen LogP) is 3.85. The summed E-state index contributed by atoms with van der Waals surface area (Å²) >= 11 is 0. The van der Waals surface area contributed by atoms with Gasteiger partial charge in [-0.25, -0.2) is 4.39 Å². The Hall–Kier alpha value is -2.43. The lowest BCUT2D eigenvalue weighted by Crippen LogP contribution is -2.03. The van der Waals surface area contributed by atoms with Crippen LogP contribution in [0.2, 0.25) is 0 Å². The number of ether oxygens (including phenoxy) is 3. The molecule has 2 aromatic carbocycles. The predicted molar refractivity (Wildman–Crippen MR) is 84.4 cm³/mol. The Balaban J connectivity index is 2.13. The van der Waals surface area contributed by atoms with E-state index in [2.05, 4.69) is 5.32 Å². The summed E-state index contributed by atoms with van der Waals surface area (Å²) in [6, 6.07) is 10.1. The van der Waals surface area contributed by atoms with Crippen LogP contribution in [-0.2, 0) is 6.54 Å². The average molecular weight is 305 g/mol. The summed E-state index contributed by atoms with van der Waals surface area (Å²) in [7, 11) is 3.12. The minimum absolute atomic E-state index is 0.328. The van der Waals surface area contributed by atoms with Gasteiger partial charge in [-0.3, -0.25) is 0 Å². The first kappa shape index (κ1) is 15.9. The number of hydrogen-bond donors (Lipinski definition) is 1. The maximum absolute atomic E-state index is 13.2. The van der Waals surface area contributed by atoms with Gasteiger partial charge in [-0.05, 0) is 36.8 Å². The Morgan fingerprint density at radius 2 is 1.73 bits per heavy atom. The number of benzene rings is 2. The van der Waals surface area contributed by atoms with Crippen molar-refractivity contribution in [2.24, 2.45) is 0 Å². The van der Waals surface area contributed by atoms with Crippen molar-refractivity contribution in [3.8, 4) is 17.2 Å². The van der Waals surface area contributed by atoms with Crippen molar-refractivity contribution in [2.75, 3.05) is 26.1 Å². The van der Waals surface area contributed by atoms with Crippen molar-refractivity contribution in [2.45, 2.75) is 13.5 Å². The molecule has 4 nitrogen and oxygen atoms in total. The van der Waals surface area contributed by atoms with Crippen molar-refractivity contribution in [3.63, 3.8) is 0 Å². The molecule has 0 spiro atoms. The summed E-state index contributed by atoms with van der Waals surface area (Å²) in [5.74, 6) is 1.55. The molecule has 0 fully saturated rings. The molecule has 0 saturated heterocycles. The highest BCUT2D eigenvalue weighted by molar-refractivity contribution is 5.57. The molecule has 0 radical (unpaired) electrons. The van der Waals surface area contributed by atoms with Gasteiger partial charge >= 0.3 is 0 Å². The standard InChI is InChI=1S/C17H20FNO3/c1-4-22-17-9-12(5-8-15(17)20-2)11-19-14-7-6-13(18)10-16(14)21-3/h5-10,19H,4,11H2,1-3H3. The van der Waals surface area contributed by atoms with E-state index >= 15 is 0 Å². The average Bonchev–Trinajstić information content (AvgIpc) is 2.54. The molecule has 118 valence electrons. The molecule has 5 heteroatoms. The van der Waals surface area contributed by atoms with Gasteiger partial charge in [0.05, 0.1) is 26.5 Å². The van der Waals surface area contributed by atoms with Crippen molar-refractivity contribution >= 4 is 5.69 Å². The molecule has 0 aromatic heterocycles. The Labute approximate surface area is 129 Å². The third kappa shape index (κ3) is 3.81. The maximum atomic E-state index is 13.2. The number of halogens is 1. The van der Waals surface area contributed by atoms with Crippen LogP contribution < -0.4 is 19.5 Å². The summed E-state index contributed by atoms with van der Waals surface area (Å²) in [5, 5.41) is 3.23. The van der Waals surface area contributed by atoms with Gasteiger partial charge < -0.3 is 19.5 Å². The Morgan fingerprint density at radius 1 is 0.955 bits per heavy atom. The van der Waals surface area contributed by atoms with Gasteiger partial charge in [0.25, 0.3) is 0 Å². The second-order valence-corrected chi connectivity index (χ2v) is 4.62. The molecule has 0 heterocycles. The number of rotatable bonds is 7. The van der Waals surface area contributed by atoms with Crippen LogP contribution >= 0.6 is 0 Å². The van der Waals surface area contributed by atoms with Gasteiger partial charge in [-0.15, -0.1) is 0 Å². The second kappa shape index (κ2) is 7.54. The van der Waals surface area contributed by atoms with Crippen molar-refractivity contribution in [1.82, 2.24) is 0 Å². The zero-order valence-corrected chi connectivity index (χ0v) is 13.0. The van der Waals surface area contributed by atoms with E-state index in [1.54, 1.807) is 13.2 Å². The topological polar surface area (TPSA) is 39.7 Å². The van der Waals surface area contributed by atoms with Crippen molar-refractivity contribution in [1.29, 1.82) is 0 Å². The SMILES string of the molecule is CCOc1cc(CNc2ccc(F)cc2OC)ccc1OC. The number of methoxy groups -OCH3 is 2. The Kier molecular flexibility index (Phi) is 5.47. The fourth-order valence-corrected chi connectivity index (χ4v) is 2.11. The van der Waals surface area contributed by atoms with Gasteiger partial charge in [-0.2, -0.15) is 0 Å². The highest BCUT2D eigenvalue weighted by atomic mass is 19.1. The lowest BCUT2D eigenvalue weighted by Gasteiger charge is -2.13. The van der Waals surface area contributed by atoms with Gasteiger partial charge in [0, 0.05) is 12.6 Å². The lowest BCUT2D eigenvalue weighted by molar-refractivity contribution is 0.310. The number of nitrogens with one attached hydrogen (secondary N) is 1. The van der Waals surface area contributed by atoms with Crippen molar-refractivity contribution < 1.29 is 18.6 Å². The molecule has 2 rings (SSSR count). The minimum Gasteiger partial charge on any atom is -0.494 e. The quantitative estimate of drug-likeness (QED) is 0.843. The smallest absolute Gasteiger partial charge is 0.161 e. The highest BCUT2D eigenvalue weighted by Crippen LogP contribution is 2.29. The molecule has 1 N–H and O–H groups in total. The minimum atomic E-state index is -0.328. The zero-order valence-electron chi connectivity index (χ0n) is 13.0. The first-order valence-electron chi connectivity index (χ1n) is 7.05. The van der Waals surface area contributed by atoms with Crippen LogP contribution in [0.4, 0.5) is 10.1 Å². The molecule has 0 unspecified atom stereocenters. The fraction of sp³-hybridized carbons (Fsp3) is 0.294. The van der Waals surface area contributed by atoms with E-state index in [9.17, 15) is 4.39 Å². The molecule has 0 aliphatic heterocycles. The zero-order chi connectivity index (χ0) is 15.9. The van der Waals surface area contributed by atoms with Gasteiger partial charge in [-0.1, -0.05) is 6.07 Å². The molecular weight excluding hydrogens is 285 g/mol. The third-order valence-electron chi connectivity index (χ3n) is 3.17. The van der Waals surface area contributed by atoms with E-state index < -0.39 is 0 Å². The van der Waals surface area contributed by atoms with Gasteiger partial charge in [0.2, 0.25) is 0 Å². The van der Waals surface area contributed by atoms with Crippen LogP contribution in [0.25, 0.3) is 0 Å². The molecule has 22 heavy (non-hydrogen) atoms. The van der Waals surface area contributed by atoms with Gasteiger partial charge in [0.15, 0.2) is 11.5 Å². The molecule has 0 amide bonds. The summed E-state index contributed by atoms with van der Waals surface area (Å²) in [4.78, 5) is 0. The van der Waals surface area contributed by atoms with Crippen LogP contribution in [0.3, 0.4) is 0 Å². The Bertz CT molecular complexity index is 631. The van der Waals surface area contributed by atoms with E-state index in [1.165, 1.54) is 19.2 Å². The van der Waals surface area contributed by atoms with Crippen molar-refractivity contribution in [3.05, 3.63) is 47.8 Å². The fourth-order valence-electron chi connectivity index (χ4n) is 2.11. The van der Waals surface area contributed by atoms with Crippen LogP contribution in [0.1, 0.15) is 12.5 Å². The number of anilines is 1. The summed E-state index contributed by atoms with van der Waals surface area (Å²) in [5.41, 5.74) is 1.76. The molecule has 0 aliphatic rings. The van der Waals surface area contributed by atoms with Crippen LogP contribution in [-0.4, -0.2) is 20.8 Å². The van der Waals surface area contributed by atoms with Gasteiger partial charge in [0.1, 0.15) is 11.6 Å². The largest absolute Gasteiger partial charge is 0.494 e. The van der Waals surface area contributed by atoms with E-state index in [4.69, 9.17) is 14.2 Å². The summed E-state index contributed by atoms with van der Waals surface area (Å²) in [6.45, 7) is 3.05.